The summed E-state index contributed by atoms with van der Waals surface area (Å²) >= 11 is 0. The molecule has 1 rings (SSSR count). The van der Waals surface area contributed by atoms with Gasteiger partial charge in [-0.1, -0.05) is 6.58 Å². The lowest BCUT2D eigenvalue weighted by atomic mass is 10.4. The number of rotatable bonds is 4. The number of hydrogen-bond acceptors (Lipinski definition) is 6. The van der Waals surface area contributed by atoms with Gasteiger partial charge in [0.05, 0.1) is 0 Å². The number of carbonyl (C=O) groups excluding carboxylic acids is 2. The van der Waals surface area contributed by atoms with Crippen molar-refractivity contribution < 1.29 is 32.6 Å². The van der Waals surface area contributed by atoms with E-state index in [-0.39, 0.29) is 13.0 Å². The van der Waals surface area contributed by atoms with E-state index in [0.717, 1.165) is 4.90 Å². The monoisotopic (exact) mass is 277 g/mol. The molecular weight excluding hydrogens is 266 g/mol. The molecule has 9 heteroatoms. The fourth-order valence-corrected chi connectivity index (χ4v) is 2.09. The predicted molar refractivity (Wildman–Crippen MR) is 58.0 cm³/mol. The van der Waals surface area contributed by atoms with Crippen LogP contribution in [-0.4, -0.2) is 48.4 Å². The standard InChI is InChI=1S/C9H11NO7S/c1-2-18(15,16)8(12)7(17-9(13)14)10-5-3-4-6(10)11/h2,7H,1,3-5H2,(H,13,14). The Morgan fingerprint density at radius 1 is 1.50 bits per heavy atom. The Kier molecular flexibility index (Phi) is 4.07. The Balaban J connectivity index is 3.05. The van der Waals surface area contributed by atoms with Crippen LogP contribution in [0.15, 0.2) is 12.0 Å². The molecule has 1 unspecified atom stereocenters. The Labute approximate surface area is 103 Å². The first kappa shape index (κ1) is 14.2. The summed E-state index contributed by atoms with van der Waals surface area (Å²) in [5, 5.41) is 7.35. The predicted octanol–water partition coefficient (Wildman–Crippen LogP) is -0.286. The van der Waals surface area contributed by atoms with E-state index in [4.69, 9.17) is 5.11 Å². The zero-order valence-corrected chi connectivity index (χ0v) is 10.1. The minimum atomic E-state index is -4.36. The van der Waals surface area contributed by atoms with Gasteiger partial charge in [0, 0.05) is 18.4 Å². The molecule has 0 bridgehead atoms. The first-order valence-electron chi connectivity index (χ1n) is 4.90. The Bertz CT molecular complexity index is 495. The SMILES string of the molecule is C=CS(=O)(=O)C(=O)C(OC(=O)O)N1CCCC1=O. The average Bonchev–Trinajstić information content (AvgIpc) is 2.71. The van der Waals surface area contributed by atoms with Gasteiger partial charge in [-0.2, -0.15) is 0 Å². The van der Waals surface area contributed by atoms with Crippen molar-refractivity contribution in [2.75, 3.05) is 6.54 Å². The summed E-state index contributed by atoms with van der Waals surface area (Å²) in [7, 11) is -4.36. The number of ether oxygens (including phenoxy) is 1. The summed E-state index contributed by atoms with van der Waals surface area (Å²) < 4.78 is 26.8. The van der Waals surface area contributed by atoms with E-state index in [2.05, 4.69) is 11.3 Å². The van der Waals surface area contributed by atoms with Crippen LogP contribution in [0.2, 0.25) is 0 Å². The quantitative estimate of drug-likeness (QED) is 0.701. The van der Waals surface area contributed by atoms with Crippen molar-refractivity contribution in [3.8, 4) is 0 Å². The third-order valence-electron chi connectivity index (χ3n) is 2.31. The summed E-state index contributed by atoms with van der Waals surface area (Å²) in [4.78, 5) is 34.3. The number of nitrogens with zero attached hydrogens (tertiary/aromatic N) is 1. The minimum Gasteiger partial charge on any atom is -0.450 e. The van der Waals surface area contributed by atoms with Crippen LogP contribution in [0.3, 0.4) is 0 Å². The minimum absolute atomic E-state index is 0.0647. The number of carboxylic acid groups (broad SMARTS) is 1. The summed E-state index contributed by atoms with van der Waals surface area (Å²) in [5.41, 5.74) is 0. The van der Waals surface area contributed by atoms with E-state index < -0.39 is 33.2 Å². The highest BCUT2D eigenvalue weighted by Gasteiger charge is 2.40. The van der Waals surface area contributed by atoms with Crippen molar-refractivity contribution in [2.45, 2.75) is 19.1 Å². The zero-order valence-electron chi connectivity index (χ0n) is 9.24. The molecule has 0 aromatic rings. The largest absolute Gasteiger partial charge is 0.508 e. The average molecular weight is 277 g/mol. The normalized spacial score (nSPS) is 17.3. The smallest absolute Gasteiger partial charge is 0.450 e. The molecule has 0 aromatic carbocycles. The van der Waals surface area contributed by atoms with Crippen LogP contribution in [-0.2, 0) is 24.2 Å². The van der Waals surface area contributed by atoms with Gasteiger partial charge in [-0.25, -0.2) is 13.2 Å². The summed E-state index contributed by atoms with van der Waals surface area (Å²) in [5.74, 6) is -0.533. The van der Waals surface area contributed by atoms with Crippen molar-refractivity contribution >= 4 is 27.0 Å². The van der Waals surface area contributed by atoms with Crippen LogP contribution < -0.4 is 0 Å². The van der Waals surface area contributed by atoms with Gasteiger partial charge in [-0.15, -0.1) is 0 Å². The fraction of sp³-hybridized carbons (Fsp3) is 0.444. The fourth-order valence-electron chi connectivity index (χ4n) is 1.47. The van der Waals surface area contributed by atoms with Gasteiger partial charge in [-0.3, -0.25) is 14.5 Å². The number of amides is 1. The highest BCUT2D eigenvalue weighted by Crippen LogP contribution is 2.17. The highest BCUT2D eigenvalue weighted by molar-refractivity contribution is 8.08. The second-order valence-electron chi connectivity index (χ2n) is 3.46. The topological polar surface area (TPSA) is 118 Å². The van der Waals surface area contributed by atoms with E-state index in [1.807, 2.05) is 0 Å². The van der Waals surface area contributed by atoms with Crippen molar-refractivity contribution in [3.05, 3.63) is 12.0 Å². The molecule has 8 nitrogen and oxygen atoms in total. The maximum absolute atomic E-state index is 11.6. The van der Waals surface area contributed by atoms with Crippen LogP contribution in [0, 0.1) is 0 Å². The van der Waals surface area contributed by atoms with Gasteiger partial charge in [0.1, 0.15) is 0 Å². The van der Waals surface area contributed by atoms with Gasteiger partial charge in [-0.05, 0) is 6.42 Å². The second-order valence-corrected chi connectivity index (χ2v) is 5.28. The first-order chi connectivity index (χ1) is 8.29. The second kappa shape index (κ2) is 5.17. The third-order valence-corrected chi connectivity index (χ3v) is 3.51. The lowest BCUT2D eigenvalue weighted by molar-refractivity contribution is -0.145. The van der Waals surface area contributed by atoms with Crippen LogP contribution >= 0.6 is 0 Å². The lowest BCUT2D eigenvalue weighted by Crippen LogP contribution is -2.47. The number of carbonyl (C=O) groups is 3. The summed E-state index contributed by atoms with van der Waals surface area (Å²) in [6.45, 7) is 3.01. The van der Waals surface area contributed by atoms with Crippen LogP contribution in [0.25, 0.3) is 0 Å². The third kappa shape index (κ3) is 2.86. The number of hydrogen-bond donors (Lipinski definition) is 1. The van der Waals surface area contributed by atoms with E-state index in [1.54, 1.807) is 0 Å². The van der Waals surface area contributed by atoms with E-state index >= 15 is 0 Å². The molecule has 1 atom stereocenters. The summed E-state index contributed by atoms with van der Waals surface area (Å²) in [6, 6.07) is 0. The van der Waals surface area contributed by atoms with Crippen molar-refractivity contribution in [2.24, 2.45) is 0 Å². The molecule has 1 N–H and O–H groups in total. The Morgan fingerprint density at radius 2 is 2.11 bits per heavy atom. The maximum atomic E-state index is 11.6. The molecule has 1 saturated heterocycles. The highest BCUT2D eigenvalue weighted by atomic mass is 32.2. The molecule has 0 aromatic heterocycles. The first-order valence-corrected chi connectivity index (χ1v) is 6.44. The maximum Gasteiger partial charge on any atom is 0.508 e. The molecule has 0 aliphatic carbocycles. The van der Waals surface area contributed by atoms with Crippen molar-refractivity contribution in [3.63, 3.8) is 0 Å². The molecule has 100 valence electrons. The van der Waals surface area contributed by atoms with E-state index in [0.29, 0.717) is 11.8 Å². The molecule has 1 aliphatic rings. The Hall–Kier alpha value is -1.90. The molecule has 0 saturated carbocycles. The number of likely N-dealkylation sites (tertiary alicyclic amines) is 1. The van der Waals surface area contributed by atoms with E-state index in [1.165, 1.54) is 0 Å². The summed E-state index contributed by atoms with van der Waals surface area (Å²) in [6.07, 6.45) is -3.30. The van der Waals surface area contributed by atoms with Crippen molar-refractivity contribution in [1.29, 1.82) is 0 Å². The molecule has 1 amide bonds. The van der Waals surface area contributed by atoms with Crippen LogP contribution in [0.1, 0.15) is 12.8 Å². The van der Waals surface area contributed by atoms with Gasteiger partial charge in [0.25, 0.3) is 6.23 Å². The molecule has 0 radical (unpaired) electrons. The van der Waals surface area contributed by atoms with Gasteiger partial charge in [0.15, 0.2) is 0 Å². The molecule has 18 heavy (non-hydrogen) atoms. The molecular formula is C9H11NO7S. The van der Waals surface area contributed by atoms with E-state index in [9.17, 15) is 22.8 Å². The van der Waals surface area contributed by atoms with Gasteiger partial charge in [0.2, 0.25) is 15.7 Å². The van der Waals surface area contributed by atoms with Gasteiger partial charge < -0.3 is 9.84 Å². The lowest BCUT2D eigenvalue weighted by Gasteiger charge is -2.23. The molecule has 0 spiro atoms. The molecule has 1 heterocycles. The van der Waals surface area contributed by atoms with Crippen LogP contribution in [0.5, 0.6) is 0 Å². The van der Waals surface area contributed by atoms with Gasteiger partial charge >= 0.3 is 11.3 Å². The van der Waals surface area contributed by atoms with Crippen molar-refractivity contribution in [1.82, 2.24) is 4.90 Å². The molecule has 1 fully saturated rings. The Morgan fingerprint density at radius 3 is 2.50 bits per heavy atom. The zero-order chi connectivity index (χ0) is 13.9. The van der Waals surface area contributed by atoms with Crippen LogP contribution in [0.4, 0.5) is 4.79 Å². The number of sulfone groups is 1. The molecule has 1 aliphatic heterocycles.